The molecule has 3 unspecified atom stereocenters. The molecule has 0 saturated carbocycles. The molecule has 84 valence electrons. The van der Waals surface area contributed by atoms with E-state index in [2.05, 4.69) is 5.32 Å². The van der Waals surface area contributed by atoms with Crippen LogP contribution in [-0.4, -0.2) is 59.9 Å². The predicted molar refractivity (Wildman–Crippen MR) is 53.8 cm³/mol. The highest BCUT2D eigenvalue weighted by atomic mass is 16.3. The van der Waals surface area contributed by atoms with E-state index in [9.17, 15) is 15.0 Å². The minimum atomic E-state index is -0.977. The minimum absolute atomic E-state index is 0.262. The van der Waals surface area contributed by atoms with Crippen molar-refractivity contribution in [2.45, 2.75) is 32.1 Å². The van der Waals surface area contributed by atoms with E-state index in [1.165, 1.54) is 7.05 Å². The van der Waals surface area contributed by atoms with Crippen LogP contribution in [0.1, 0.15) is 13.8 Å². The standard InChI is InChI=1S/C7H14N2O3.C2H6/c1-8-7(12)5-6(11)4(10)3-9(5)2;1-2/h4-6,10-11H,3H2,1-2H3,(H,8,12);1-2H3. The van der Waals surface area contributed by atoms with Crippen LogP contribution in [0.3, 0.4) is 0 Å². The van der Waals surface area contributed by atoms with Crippen LogP contribution in [0, 0.1) is 0 Å². The van der Waals surface area contributed by atoms with Gasteiger partial charge in [-0.25, -0.2) is 0 Å². The van der Waals surface area contributed by atoms with Gasteiger partial charge in [0.1, 0.15) is 12.1 Å². The van der Waals surface area contributed by atoms with E-state index in [1.54, 1.807) is 11.9 Å². The average molecular weight is 204 g/mol. The molecule has 0 spiro atoms. The van der Waals surface area contributed by atoms with Crippen LogP contribution in [0.5, 0.6) is 0 Å². The summed E-state index contributed by atoms with van der Waals surface area (Å²) in [6, 6.07) is -0.620. The van der Waals surface area contributed by atoms with Crippen molar-refractivity contribution in [1.82, 2.24) is 10.2 Å². The fraction of sp³-hybridized carbons (Fsp3) is 0.889. The van der Waals surface area contributed by atoms with Gasteiger partial charge in [-0.1, -0.05) is 13.8 Å². The first-order valence-corrected chi connectivity index (χ1v) is 4.86. The zero-order valence-corrected chi connectivity index (χ0v) is 9.19. The molecular weight excluding hydrogens is 184 g/mol. The number of carbonyl (C=O) groups is 1. The molecule has 1 rings (SSSR count). The molecule has 14 heavy (non-hydrogen) atoms. The summed E-state index contributed by atoms with van der Waals surface area (Å²) in [5.74, 6) is -0.262. The predicted octanol–water partition coefficient (Wildman–Crippen LogP) is -1.21. The normalized spacial score (nSPS) is 32.0. The van der Waals surface area contributed by atoms with Crippen molar-refractivity contribution >= 4 is 5.91 Å². The van der Waals surface area contributed by atoms with Crippen LogP contribution in [0.4, 0.5) is 0 Å². The van der Waals surface area contributed by atoms with Gasteiger partial charge in [0, 0.05) is 13.6 Å². The molecule has 0 aliphatic carbocycles. The first-order chi connectivity index (χ1) is 6.57. The van der Waals surface area contributed by atoms with E-state index in [0.29, 0.717) is 6.54 Å². The molecule has 1 fully saturated rings. The van der Waals surface area contributed by atoms with E-state index in [1.807, 2.05) is 13.8 Å². The smallest absolute Gasteiger partial charge is 0.239 e. The maximum atomic E-state index is 11.2. The molecule has 3 atom stereocenters. The van der Waals surface area contributed by atoms with Crippen LogP contribution in [-0.2, 0) is 4.79 Å². The minimum Gasteiger partial charge on any atom is -0.389 e. The number of hydrogen-bond donors (Lipinski definition) is 3. The number of carbonyl (C=O) groups excluding carboxylic acids is 1. The molecule has 5 heteroatoms. The van der Waals surface area contributed by atoms with Crippen molar-refractivity contribution in [3.05, 3.63) is 0 Å². The van der Waals surface area contributed by atoms with Crippen LogP contribution in [0.2, 0.25) is 0 Å². The van der Waals surface area contributed by atoms with Gasteiger partial charge in [0.15, 0.2) is 0 Å². The van der Waals surface area contributed by atoms with Gasteiger partial charge in [-0.15, -0.1) is 0 Å². The molecule has 1 saturated heterocycles. The van der Waals surface area contributed by atoms with E-state index >= 15 is 0 Å². The maximum Gasteiger partial charge on any atom is 0.239 e. The maximum absolute atomic E-state index is 11.2. The molecule has 0 bridgehead atoms. The topological polar surface area (TPSA) is 72.8 Å². The molecule has 1 aliphatic rings. The zero-order valence-electron chi connectivity index (χ0n) is 9.19. The number of nitrogens with zero attached hydrogens (tertiary/aromatic N) is 1. The number of β-amino-alcohol motifs (C(OH)–C–C–N with tert-alkyl or cyclic N) is 1. The fourth-order valence-corrected chi connectivity index (χ4v) is 1.49. The number of likely N-dealkylation sites (tertiary alicyclic amines) is 1. The number of aliphatic hydroxyl groups is 2. The lowest BCUT2D eigenvalue weighted by atomic mass is 10.1. The third-order valence-electron chi connectivity index (χ3n) is 2.18. The second-order valence-corrected chi connectivity index (χ2v) is 3.06. The number of aliphatic hydroxyl groups excluding tert-OH is 2. The Kier molecular flexibility index (Phi) is 5.68. The quantitative estimate of drug-likeness (QED) is 0.501. The number of hydrogen-bond acceptors (Lipinski definition) is 4. The van der Waals surface area contributed by atoms with Gasteiger partial charge in [-0.2, -0.15) is 0 Å². The summed E-state index contributed by atoms with van der Waals surface area (Å²) >= 11 is 0. The summed E-state index contributed by atoms with van der Waals surface area (Å²) in [5.41, 5.74) is 0. The second-order valence-electron chi connectivity index (χ2n) is 3.06. The lowest BCUT2D eigenvalue weighted by Gasteiger charge is -2.19. The summed E-state index contributed by atoms with van der Waals surface area (Å²) in [4.78, 5) is 12.8. The van der Waals surface area contributed by atoms with Gasteiger partial charge in [0.2, 0.25) is 5.91 Å². The van der Waals surface area contributed by atoms with Crippen LogP contribution in [0.25, 0.3) is 0 Å². The molecule has 1 amide bonds. The fourth-order valence-electron chi connectivity index (χ4n) is 1.49. The SMILES string of the molecule is CC.CNC(=O)C1C(O)C(O)CN1C. The highest BCUT2D eigenvalue weighted by Crippen LogP contribution is 2.16. The van der Waals surface area contributed by atoms with E-state index in [4.69, 9.17) is 0 Å². The Morgan fingerprint density at radius 2 is 1.93 bits per heavy atom. The third-order valence-corrected chi connectivity index (χ3v) is 2.18. The monoisotopic (exact) mass is 204 g/mol. The van der Waals surface area contributed by atoms with Crippen LogP contribution < -0.4 is 5.32 Å². The first-order valence-electron chi connectivity index (χ1n) is 4.86. The molecule has 1 heterocycles. The lowest BCUT2D eigenvalue weighted by molar-refractivity contribution is -0.127. The van der Waals surface area contributed by atoms with Crippen molar-refractivity contribution in [2.75, 3.05) is 20.6 Å². The summed E-state index contributed by atoms with van der Waals surface area (Å²) < 4.78 is 0. The first kappa shape index (κ1) is 13.4. The van der Waals surface area contributed by atoms with E-state index < -0.39 is 18.2 Å². The highest BCUT2D eigenvalue weighted by Gasteiger charge is 2.41. The molecule has 0 aromatic rings. The second kappa shape index (κ2) is 5.95. The number of rotatable bonds is 1. The average Bonchev–Trinajstić information content (AvgIpc) is 2.44. The Morgan fingerprint density at radius 3 is 2.21 bits per heavy atom. The van der Waals surface area contributed by atoms with Crippen molar-refractivity contribution in [3.8, 4) is 0 Å². The molecule has 0 radical (unpaired) electrons. The molecule has 3 N–H and O–H groups in total. The Balaban J connectivity index is 0.000000791. The summed E-state index contributed by atoms with van der Waals surface area (Å²) in [7, 11) is 3.20. The van der Waals surface area contributed by atoms with Gasteiger partial charge < -0.3 is 15.5 Å². The Morgan fingerprint density at radius 1 is 1.43 bits per heavy atom. The summed E-state index contributed by atoms with van der Waals surface area (Å²) in [6.45, 7) is 4.33. The summed E-state index contributed by atoms with van der Waals surface area (Å²) in [6.07, 6.45) is -1.80. The van der Waals surface area contributed by atoms with Crippen LogP contribution >= 0.6 is 0 Å². The van der Waals surface area contributed by atoms with Gasteiger partial charge in [-0.05, 0) is 7.05 Å². The Labute approximate surface area is 84.7 Å². The third kappa shape index (κ3) is 2.67. The number of amides is 1. The molecule has 0 aromatic heterocycles. The Hall–Kier alpha value is -0.650. The van der Waals surface area contributed by atoms with Gasteiger partial charge in [0.25, 0.3) is 0 Å². The molecule has 0 aromatic carbocycles. The lowest BCUT2D eigenvalue weighted by Crippen LogP contribution is -2.46. The molecular formula is C9H20N2O3. The molecule has 1 aliphatic heterocycles. The van der Waals surface area contributed by atoms with Crippen molar-refractivity contribution in [1.29, 1.82) is 0 Å². The van der Waals surface area contributed by atoms with E-state index in [0.717, 1.165) is 0 Å². The van der Waals surface area contributed by atoms with Gasteiger partial charge >= 0.3 is 0 Å². The van der Waals surface area contributed by atoms with Crippen molar-refractivity contribution in [3.63, 3.8) is 0 Å². The highest BCUT2D eigenvalue weighted by molar-refractivity contribution is 5.82. The molecule has 5 nitrogen and oxygen atoms in total. The van der Waals surface area contributed by atoms with E-state index in [-0.39, 0.29) is 5.91 Å². The number of nitrogens with one attached hydrogen (secondary N) is 1. The largest absolute Gasteiger partial charge is 0.389 e. The van der Waals surface area contributed by atoms with Gasteiger partial charge in [0.05, 0.1) is 6.10 Å². The summed E-state index contributed by atoms with van der Waals surface area (Å²) in [5, 5.41) is 21.0. The zero-order chi connectivity index (χ0) is 11.3. The van der Waals surface area contributed by atoms with Crippen molar-refractivity contribution < 1.29 is 15.0 Å². The number of likely N-dealkylation sites (N-methyl/N-ethyl adjacent to an activating group) is 2. The van der Waals surface area contributed by atoms with Gasteiger partial charge in [-0.3, -0.25) is 9.69 Å². The Bertz CT molecular complexity index is 187. The van der Waals surface area contributed by atoms with Crippen LogP contribution in [0.15, 0.2) is 0 Å². The van der Waals surface area contributed by atoms with Crippen molar-refractivity contribution in [2.24, 2.45) is 0 Å².